The molecule has 22 heavy (non-hydrogen) atoms. The minimum absolute atomic E-state index is 0.278. The molecular weight excluding hydrogens is 325 g/mol. The van der Waals surface area contributed by atoms with Gasteiger partial charge < -0.3 is 14.8 Å². The van der Waals surface area contributed by atoms with Crippen molar-refractivity contribution < 1.29 is 14.3 Å². The van der Waals surface area contributed by atoms with E-state index >= 15 is 0 Å². The second kappa shape index (κ2) is 7.38. The largest absolute Gasteiger partial charge is 0.497 e. The Kier molecular flexibility index (Phi) is 5.52. The summed E-state index contributed by atoms with van der Waals surface area (Å²) in [4.78, 5) is 12.2. The average molecular weight is 340 g/mol. The fourth-order valence-corrected chi connectivity index (χ4v) is 2.44. The summed E-state index contributed by atoms with van der Waals surface area (Å²) in [6, 6.07) is 10.1. The summed E-state index contributed by atoms with van der Waals surface area (Å²) in [6.45, 7) is 0.310. The van der Waals surface area contributed by atoms with Crippen molar-refractivity contribution in [2.24, 2.45) is 0 Å². The van der Waals surface area contributed by atoms with Crippen molar-refractivity contribution in [1.82, 2.24) is 5.32 Å². The third kappa shape index (κ3) is 3.84. The number of rotatable bonds is 5. The van der Waals surface area contributed by atoms with Crippen molar-refractivity contribution in [3.8, 4) is 11.5 Å². The van der Waals surface area contributed by atoms with Gasteiger partial charge in [-0.1, -0.05) is 23.2 Å². The van der Waals surface area contributed by atoms with Crippen molar-refractivity contribution >= 4 is 29.1 Å². The van der Waals surface area contributed by atoms with Gasteiger partial charge in [0.15, 0.2) is 0 Å². The van der Waals surface area contributed by atoms with Gasteiger partial charge in [-0.05, 0) is 30.3 Å². The third-order valence-corrected chi connectivity index (χ3v) is 3.66. The van der Waals surface area contributed by atoms with Gasteiger partial charge in [0.05, 0.1) is 24.8 Å². The third-order valence-electron chi connectivity index (χ3n) is 3.11. The molecule has 0 aliphatic heterocycles. The van der Waals surface area contributed by atoms with Crippen LogP contribution >= 0.6 is 23.2 Å². The van der Waals surface area contributed by atoms with Gasteiger partial charge in [0, 0.05) is 23.2 Å². The van der Waals surface area contributed by atoms with Gasteiger partial charge in [0.25, 0.3) is 5.91 Å². The quantitative estimate of drug-likeness (QED) is 0.897. The molecule has 116 valence electrons. The van der Waals surface area contributed by atoms with Crippen LogP contribution in [0.15, 0.2) is 36.4 Å². The summed E-state index contributed by atoms with van der Waals surface area (Å²) in [5, 5.41) is 3.60. The molecule has 1 N–H and O–H groups in total. The molecule has 2 aromatic carbocycles. The first-order chi connectivity index (χ1) is 10.5. The predicted molar refractivity (Wildman–Crippen MR) is 87.2 cm³/mol. The molecule has 0 bridgehead atoms. The first kappa shape index (κ1) is 16.5. The Morgan fingerprint density at radius 1 is 1.09 bits per heavy atom. The number of hydrogen-bond acceptors (Lipinski definition) is 3. The number of methoxy groups -OCH3 is 2. The van der Waals surface area contributed by atoms with Gasteiger partial charge in [0.1, 0.15) is 11.5 Å². The lowest BCUT2D eigenvalue weighted by Gasteiger charge is -2.12. The number of halogens is 2. The van der Waals surface area contributed by atoms with Crippen LogP contribution in [0.4, 0.5) is 0 Å². The molecule has 1 amide bonds. The van der Waals surface area contributed by atoms with Crippen molar-refractivity contribution in [3.63, 3.8) is 0 Å². The number of benzene rings is 2. The normalized spacial score (nSPS) is 10.2. The van der Waals surface area contributed by atoms with Gasteiger partial charge in [-0.2, -0.15) is 0 Å². The summed E-state index contributed by atoms with van der Waals surface area (Å²) in [7, 11) is 3.15. The smallest absolute Gasteiger partial charge is 0.253 e. The van der Waals surface area contributed by atoms with Crippen LogP contribution in [0.25, 0.3) is 0 Å². The lowest BCUT2D eigenvalue weighted by molar-refractivity contribution is 0.0951. The van der Waals surface area contributed by atoms with Crippen LogP contribution in [0.2, 0.25) is 10.0 Å². The molecule has 0 unspecified atom stereocenters. The van der Waals surface area contributed by atoms with Gasteiger partial charge in [-0.15, -0.1) is 0 Å². The molecule has 4 nitrogen and oxygen atoms in total. The molecule has 0 aliphatic carbocycles. The summed E-state index contributed by atoms with van der Waals surface area (Å²) in [5.41, 5.74) is 1.21. The van der Waals surface area contributed by atoms with Gasteiger partial charge >= 0.3 is 0 Å². The van der Waals surface area contributed by atoms with E-state index in [4.69, 9.17) is 32.7 Å². The number of carbonyl (C=O) groups excluding carboxylic acids is 1. The Morgan fingerprint density at radius 3 is 2.50 bits per heavy atom. The molecule has 0 aliphatic rings. The standard InChI is InChI=1S/C16H15Cl2NO3/c1-21-12-5-3-10(15(8-12)22-2)9-19-16(20)13-6-4-11(17)7-14(13)18/h3-8H,9H2,1-2H3,(H,19,20). The lowest BCUT2D eigenvalue weighted by Crippen LogP contribution is -2.23. The molecule has 6 heteroatoms. The number of nitrogens with one attached hydrogen (secondary N) is 1. The zero-order valence-corrected chi connectivity index (χ0v) is 13.7. The fraction of sp³-hybridized carbons (Fsp3) is 0.188. The predicted octanol–water partition coefficient (Wildman–Crippen LogP) is 3.94. The topological polar surface area (TPSA) is 47.6 Å². The van der Waals surface area contributed by atoms with E-state index in [1.54, 1.807) is 38.5 Å². The molecule has 0 saturated carbocycles. The zero-order valence-electron chi connectivity index (χ0n) is 12.2. The first-order valence-corrected chi connectivity index (χ1v) is 7.25. The Labute approximate surface area is 138 Å². The molecule has 0 aromatic heterocycles. The van der Waals surface area contributed by atoms with Gasteiger partial charge in [-0.25, -0.2) is 0 Å². The Hall–Kier alpha value is -1.91. The highest BCUT2D eigenvalue weighted by Crippen LogP contribution is 2.25. The van der Waals surface area contributed by atoms with Crippen LogP contribution < -0.4 is 14.8 Å². The van der Waals surface area contributed by atoms with Crippen molar-refractivity contribution in [2.45, 2.75) is 6.54 Å². The van der Waals surface area contributed by atoms with E-state index in [1.807, 2.05) is 6.07 Å². The minimum atomic E-state index is -0.278. The van der Waals surface area contributed by atoms with E-state index in [1.165, 1.54) is 6.07 Å². The molecule has 2 rings (SSSR count). The van der Waals surface area contributed by atoms with Crippen LogP contribution in [0.5, 0.6) is 11.5 Å². The summed E-state index contributed by atoms with van der Waals surface area (Å²) < 4.78 is 10.4. The van der Waals surface area contributed by atoms with Crippen LogP contribution in [-0.4, -0.2) is 20.1 Å². The highest BCUT2D eigenvalue weighted by Gasteiger charge is 2.12. The van der Waals surface area contributed by atoms with Gasteiger partial charge in [0.2, 0.25) is 0 Å². The molecular formula is C16H15Cl2NO3. The summed E-state index contributed by atoms with van der Waals surface area (Å²) in [6.07, 6.45) is 0. The molecule has 0 heterocycles. The molecule has 0 atom stereocenters. The highest BCUT2D eigenvalue weighted by atomic mass is 35.5. The molecule has 0 fully saturated rings. The molecule has 0 radical (unpaired) electrons. The average Bonchev–Trinajstić information content (AvgIpc) is 2.52. The first-order valence-electron chi connectivity index (χ1n) is 6.49. The molecule has 0 spiro atoms. The van der Waals surface area contributed by atoms with E-state index in [2.05, 4.69) is 5.32 Å². The van der Waals surface area contributed by atoms with Crippen molar-refractivity contribution in [1.29, 1.82) is 0 Å². The monoisotopic (exact) mass is 339 g/mol. The van der Waals surface area contributed by atoms with Crippen LogP contribution in [0.1, 0.15) is 15.9 Å². The number of ether oxygens (including phenoxy) is 2. The van der Waals surface area contributed by atoms with E-state index < -0.39 is 0 Å². The fourth-order valence-electron chi connectivity index (χ4n) is 1.94. The van der Waals surface area contributed by atoms with Crippen molar-refractivity contribution in [2.75, 3.05) is 14.2 Å². The summed E-state index contributed by atoms with van der Waals surface area (Å²) >= 11 is 11.8. The Balaban J connectivity index is 2.11. The van der Waals surface area contributed by atoms with Crippen molar-refractivity contribution in [3.05, 3.63) is 57.6 Å². The van der Waals surface area contributed by atoms with Crippen LogP contribution in [0, 0.1) is 0 Å². The van der Waals surface area contributed by atoms with Gasteiger partial charge in [-0.3, -0.25) is 4.79 Å². The molecule has 2 aromatic rings. The number of hydrogen-bond donors (Lipinski definition) is 1. The summed E-state index contributed by atoms with van der Waals surface area (Å²) in [5.74, 6) is 1.05. The highest BCUT2D eigenvalue weighted by molar-refractivity contribution is 6.36. The van der Waals surface area contributed by atoms with E-state index in [0.717, 1.165) is 5.56 Å². The second-order valence-corrected chi connectivity index (χ2v) is 5.33. The maximum Gasteiger partial charge on any atom is 0.253 e. The Morgan fingerprint density at radius 2 is 1.86 bits per heavy atom. The number of carbonyl (C=O) groups is 1. The van der Waals surface area contributed by atoms with Crippen LogP contribution in [-0.2, 0) is 6.54 Å². The maximum atomic E-state index is 12.2. The Bertz CT molecular complexity index is 689. The second-order valence-electron chi connectivity index (χ2n) is 4.48. The lowest BCUT2D eigenvalue weighted by atomic mass is 10.1. The van der Waals surface area contributed by atoms with Crippen LogP contribution in [0.3, 0.4) is 0 Å². The maximum absolute atomic E-state index is 12.2. The minimum Gasteiger partial charge on any atom is -0.497 e. The number of amides is 1. The molecule has 0 saturated heterocycles. The van der Waals surface area contributed by atoms with E-state index in [-0.39, 0.29) is 5.91 Å². The van der Waals surface area contributed by atoms with E-state index in [0.29, 0.717) is 33.7 Å². The SMILES string of the molecule is COc1ccc(CNC(=O)c2ccc(Cl)cc2Cl)c(OC)c1. The zero-order chi connectivity index (χ0) is 16.1. The van der Waals surface area contributed by atoms with E-state index in [9.17, 15) is 4.79 Å².